The van der Waals surface area contributed by atoms with Crippen molar-refractivity contribution in [3.05, 3.63) is 23.8 Å². The van der Waals surface area contributed by atoms with Crippen LogP contribution in [0.4, 0.5) is 11.4 Å². The van der Waals surface area contributed by atoms with Crippen LogP contribution in [0.3, 0.4) is 0 Å². The van der Waals surface area contributed by atoms with Crippen molar-refractivity contribution in [1.29, 1.82) is 5.26 Å². The maximum atomic E-state index is 8.76. The van der Waals surface area contributed by atoms with Crippen LogP contribution in [0.5, 0.6) is 0 Å². The number of nitrogens with two attached hydrogens (primary N) is 1. The zero-order valence-electron chi connectivity index (χ0n) is 9.77. The van der Waals surface area contributed by atoms with Crippen molar-refractivity contribution in [2.45, 2.75) is 13.8 Å². The molecule has 3 heteroatoms. The number of nitrogens with zero attached hydrogens (tertiary/aromatic N) is 2. The second kappa shape index (κ2) is 4.05. The summed E-state index contributed by atoms with van der Waals surface area (Å²) in [7, 11) is 0. The van der Waals surface area contributed by atoms with E-state index >= 15 is 0 Å². The molecule has 2 rings (SSSR count). The second-order valence-corrected chi connectivity index (χ2v) is 4.79. The zero-order valence-corrected chi connectivity index (χ0v) is 9.77. The summed E-state index contributed by atoms with van der Waals surface area (Å²) < 4.78 is 0. The summed E-state index contributed by atoms with van der Waals surface area (Å²) in [4.78, 5) is 2.28. The van der Waals surface area contributed by atoms with Crippen LogP contribution in [-0.4, -0.2) is 13.1 Å². The van der Waals surface area contributed by atoms with Gasteiger partial charge < -0.3 is 10.6 Å². The van der Waals surface area contributed by atoms with Gasteiger partial charge in [-0.25, -0.2) is 0 Å². The molecule has 16 heavy (non-hydrogen) atoms. The predicted molar refractivity (Wildman–Crippen MR) is 66.1 cm³/mol. The van der Waals surface area contributed by atoms with Crippen molar-refractivity contribution in [1.82, 2.24) is 0 Å². The van der Waals surface area contributed by atoms with E-state index in [-0.39, 0.29) is 0 Å². The molecule has 0 amide bonds. The molecule has 0 aromatic heterocycles. The SMILES string of the molecule is CC(C)C1CN(c2ccc(C#N)cc2N)C1. The Kier molecular flexibility index (Phi) is 2.74. The molecule has 0 spiro atoms. The number of nitrogen functional groups attached to an aromatic ring is 1. The Morgan fingerprint density at radius 3 is 2.62 bits per heavy atom. The Morgan fingerprint density at radius 1 is 1.44 bits per heavy atom. The predicted octanol–water partition coefficient (Wildman–Crippen LogP) is 2.23. The second-order valence-electron chi connectivity index (χ2n) is 4.79. The Bertz CT molecular complexity index is 425. The molecule has 1 aromatic carbocycles. The van der Waals surface area contributed by atoms with E-state index in [0.29, 0.717) is 11.3 Å². The van der Waals surface area contributed by atoms with Crippen molar-refractivity contribution >= 4 is 11.4 Å². The zero-order chi connectivity index (χ0) is 11.7. The maximum absolute atomic E-state index is 8.76. The highest BCUT2D eigenvalue weighted by Crippen LogP contribution is 2.33. The average molecular weight is 215 g/mol. The Balaban J connectivity index is 2.10. The van der Waals surface area contributed by atoms with E-state index in [9.17, 15) is 0 Å². The number of hydrogen-bond donors (Lipinski definition) is 1. The van der Waals surface area contributed by atoms with Crippen LogP contribution >= 0.6 is 0 Å². The van der Waals surface area contributed by atoms with Gasteiger partial charge in [-0.15, -0.1) is 0 Å². The number of rotatable bonds is 2. The molecule has 0 radical (unpaired) electrons. The lowest BCUT2D eigenvalue weighted by Crippen LogP contribution is -2.49. The van der Waals surface area contributed by atoms with Crippen LogP contribution in [0.1, 0.15) is 19.4 Å². The van der Waals surface area contributed by atoms with E-state index in [4.69, 9.17) is 11.0 Å². The molecule has 0 aliphatic carbocycles. The Hall–Kier alpha value is -1.69. The van der Waals surface area contributed by atoms with Gasteiger partial charge in [-0.2, -0.15) is 5.26 Å². The van der Waals surface area contributed by atoms with Crippen molar-refractivity contribution in [2.75, 3.05) is 23.7 Å². The van der Waals surface area contributed by atoms with Crippen molar-refractivity contribution in [2.24, 2.45) is 11.8 Å². The number of anilines is 2. The third kappa shape index (κ3) is 1.83. The third-order valence-corrected chi connectivity index (χ3v) is 3.35. The Labute approximate surface area is 96.5 Å². The molecule has 84 valence electrons. The van der Waals surface area contributed by atoms with E-state index in [0.717, 1.165) is 30.6 Å². The molecule has 0 unspecified atom stereocenters. The van der Waals surface area contributed by atoms with Gasteiger partial charge in [-0.3, -0.25) is 0 Å². The first-order valence-corrected chi connectivity index (χ1v) is 5.66. The largest absolute Gasteiger partial charge is 0.397 e. The highest BCUT2D eigenvalue weighted by Gasteiger charge is 2.29. The lowest BCUT2D eigenvalue weighted by Gasteiger charge is -2.43. The molecule has 0 atom stereocenters. The number of hydrogen-bond acceptors (Lipinski definition) is 3. The summed E-state index contributed by atoms with van der Waals surface area (Å²) in [5.41, 5.74) is 8.34. The smallest absolute Gasteiger partial charge is 0.0992 e. The minimum atomic E-state index is 0.627. The van der Waals surface area contributed by atoms with Gasteiger partial charge in [0.15, 0.2) is 0 Å². The van der Waals surface area contributed by atoms with Crippen molar-refractivity contribution in [3.8, 4) is 6.07 Å². The highest BCUT2D eigenvalue weighted by atomic mass is 15.2. The molecule has 3 nitrogen and oxygen atoms in total. The molecular weight excluding hydrogens is 198 g/mol. The summed E-state index contributed by atoms with van der Waals surface area (Å²) in [5.74, 6) is 1.51. The minimum Gasteiger partial charge on any atom is -0.397 e. The molecule has 0 bridgehead atoms. The van der Waals surface area contributed by atoms with Gasteiger partial charge in [-0.05, 0) is 30.0 Å². The molecule has 1 aliphatic heterocycles. The van der Waals surface area contributed by atoms with E-state index in [1.54, 1.807) is 6.07 Å². The normalized spacial score (nSPS) is 16.0. The first kappa shape index (κ1) is 10.8. The van der Waals surface area contributed by atoms with Gasteiger partial charge in [-0.1, -0.05) is 13.8 Å². The lowest BCUT2D eigenvalue weighted by molar-refractivity contribution is 0.310. The summed E-state index contributed by atoms with van der Waals surface area (Å²) in [5, 5.41) is 8.76. The molecule has 1 fully saturated rings. The first-order valence-electron chi connectivity index (χ1n) is 5.66. The standard InChI is InChI=1S/C13H17N3/c1-9(2)11-7-16(8-11)13-4-3-10(6-14)5-12(13)15/h3-5,9,11H,7-8,15H2,1-2H3. The van der Waals surface area contributed by atoms with E-state index < -0.39 is 0 Å². The molecular formula is C13H17N3. The van der Waals surface area contributed by atoms with E-state index in [1.807, 2.05) is 12.1 Å². The topological polar surface area (TPSA) is 53.0 Å². The van der Waals surface area contributed by atoms with E-state index in [1.165, 1.54) is 0 Å². The summed E-state index contributed by atoms with van der Waals surface area (Å²) in [6, 6.07) is 7.62. The van der Waals surface area contributed by atoms with Crippen LogP contribution < -0.4 is 10.6 Å². The van der Waals surface area contributed by atoms with Crippen LogP contribution in [0.15, 0.2) is 18.2 Å². The van der Waals surface area contributed by atoms with Crippen molar-refractivity contribution in [3.63, 3.8) is 0 Å². The summed E-state index contributed by atoms with van der Waals surface area (Å²) >= 11 is 0. The Morgan fingerprint density at radius 2 is 2.12 bits per heavy atom. The number of benzene rings is 1. The van der Waals surface area contributed by atoms with Gasteiger partial charge in [0, 0.05) is 13.1 Å². The average Bonchev–Trinajstić information content (AvgIpc) is 2.17. The first-order chi connectivity index (χ1) is 7.61. The van der Waals surface area contributed by atoms with Crippen LogP contribution in [0, 0.1) is 23.2 Å². The minimum absolute atomic E-state index is 0.627. The monoisotopic (exact) mass is 215 g/mol. The van der Waals surface area contributed by atoms with Gasteiger partial charge in [0.1, 0.15) is 0 Å². The quantitative estimate of drug-likeness (QED) is 0.770. The van der Waals surface area contributed by atoms with Crippen LogP contribution in [-0.2, 0) is 0 Å². The van der Waals surface area contributed by atoms with Gasteiger partial charge >= 0.3 is 0 Å². The fraction of sp³-hybridized carbons (Fsp3) is 0.462. The van der Waals surface area contributed by atoms with Gasteiger partial charge in [0.2, 0.25) is 0 Å². The van der Waals surface area contributed by atoms with Crippen molar-refractivity contribution < 1.29 is 0 Å². The maximum Gasteiger partial charge on any atom is 0.0992 e. The lowest BCUT2D eigenvalue weighted by atomic mass is 9.88. The highest BCUT2D eigenvalue weighted by molar-refractivity contribution is 5.70. The molecule has 2 N–H and O–H groups in total. The molecule has 1 heterocycles. The van der Waals surface area contributed by atoms with E-state index in [2.05, 4.69) is 24.8 Å². The summed E-state index contributed by atoms with van der Waals surface area (Å²) in [6.07, 6.45) is 0. The molecule has 1 aromatic rings. The fourth-order valence-electron chi connectivity index (χ4n) is 2.04. The van der Waals surface area contributed by atoms with Crippen LogP contribution in [0.2, 0.25) is 0 Å². The molecule has 1 aliphatic rings. The molecule has 1 saturated heterocycles. The van der Waals surface area contributed by atoms with Gasteiger partial charge in [0.05, 0.1) is 23.0 Å². The van der Waals surface area contributed by atoms with Crippen LogP contribution in [0.25, 0.3) is 0 Å². The van der Waals surface area contributed by atoms with Gasteiger partial charge in [0.25, 0.3) is 0 Å². The number of nitriles is 1. The molecule has 0 saturated carbocycles. The summed E-state index contributed by atoms with van der Waals surface area (Å²) in [6.45, 7) is 6.66. The third-order valence-electron chi connectivity index (χ3n) is 3.35. The fourth-order valence-corrected chi connectivity index (χ4v) is 2.04.